The molecule has 0 bridgehead atoms. The van der Waals surface area contributed by atoms with Crippen LogP contribution in [0.5, 0.6) is 0 Å². The third-order valence-electron chi connectivity index (χ3n) is 1.77. The van der Waals surface area contributed by atoms with Crippen LogP contribution in [-0.4, -0.2) is 16.3 Å². The van der Waals surface area contributed by atoms with Gasteiger partial charge in [0.1, 0.15) is 16.9 Å². The fourth-order valence-electron chi connectivity index (χ4n) is 1.08. The minimum absolute atomic E-state index is 0.179. The van der Waals surface area contributed by atoms with Crippen LogP contribution in [-0.2, 0) is 0 Å². The van der Waals surface area contributed by atoms with Crippen molar-refractivity contribution < 1.29 is 4.84 Å². The van der Waals surface area contributed by atoms with Crippen molar-refractivity contribution in [2.75, 3.05) is 6.61 Å². The molecule has 0 aromatic carbocycles. The van der Waals surface area contributed by atoms with Crippen LogP contribution in [0, 0.1) is 17.6 Å². The SMILES string of the molecule is CCCOn1c(=O)[nH]c(C)c(SC#N)c1=O. The summed E-state index contributed by atoms with van der Waals surface area (Å²) in [7, 11) is 0. The van der Waals surface area contributed by atoms with E-state index in [1.807, 2.05) is 6.92 Å². The van der Waals surface area contributed by atoms with Gasteiger partial charge in [0, 0.05) is 5.69 Å². The molecule has 0 unspecified atom stereocenters. The number of H-pyrrole nitrogens is 1. The Morgan fingerprint density at radius 1 is 1.56 bits per heavy atom. The summed E-state index contributed by atoms with van der Waals surface area (Å²) in [5, 5.41) is 10.3. The zero-order valence-electron chi connectivity index (χ0n) is 8.94. The Labute approximate surface area is 95.8 Å². The van der Waals surface area contributed by atoms with E-state index in [0.717, 1.165) is 0 Å². The first kappa shape index (κ1) is 12.4. The van der Waals surface area contributed by atoms with Crippen molar-refractivity contribution in [3.63, 3.8) is 0 Å². The summed E-state index contributed by atoms with van der Waals surface area (Å²) in [5.74, 6) is 0. The van der Waals surface area contributed by atoms with Gasteiger partial charge >= 0.3 is 11.2 Å². The second-order valence-electron chi connectivity index (χ2n) is 3.01. The van der Waals surface area contributed by atoms with E-state index < -0.39 is 11.2 Å². The summed E-state index contributed by atoms with van der Waals surface area (Å²) in [6, 6.07) is 0. The van der Waals surface area contributed by atoms with Crippen LogP contribution in [0.3, 0.4) is 0 Å². The number of aromatic nitrogens is 2. The molecule has 7 heteroatoms. The maximum atomic E-state index is 11.8. The smallest absolute Gasteiger partial charge is 0.362 e. The van der Waals surface area contributed by atoms with Crippen molar-refractivity contribution in [1.82, 2.24) is 9.71 Å². The Bertz CT molecular complexity index is 526. The number of thiocyanates is 1. The van der Waals surface area contributed by atoms with Gasteiger partial charge in [0.15, 0.2) is 0 Å². The van der Waals surface area contributed by atoms with Crippen LogP contribution in [0.1, 0.15) is 19.0 Å². The summed E-state index contributed by atoms with van der Waals surface area (Å²) in [5.41, 5.74) is -0.850. The van der Waals surface area contributed by atoms with E-state index in [9.17, 15) is 9.59 Å². The van der Waals surface area contributed by atoms with E-state index in [0.29, 0.717) is 28.6 Å². The van der Waals surface area contributed by atoms with Crippen molar-refractivity contribution in [1.29, 1.82) is 5.26 Å². The Morgan fingerprint density at radius 2 is 2.25 bits per heavy atom. The van der Waals surface area contributed by atoms with E-state index in [-0.39, 0.29) is 11.5 Å². The van der Waals surface area contributed by atoms with Crippen LogP contribution in [0.4, 0.5) is 0 Å². The number of nitrogens with zero attached hydrogens (tertiary/aromatic N) is 2. The highest BCUT2D eigenvalue weighted by Gasteiger charge is 2.12. The fourth-order valence-corrected chi connectivity index (χ4v) is 1.54. The predicted octanol–water partition coefficient (Wildman–Crippen LogP) is 0.257. The van der Waals surface area contributed by atoms with Gasteiger partial charge in [-0.25, -0.2) is 4.79 Å². The third kappa shape index (κ3) is 2.46. The normalized spacial score (nSPS) is 9.81. The van der Waals surface area contributed by atoms with Gasteiger partial charge < -0.3 is 9.82 Å². The number of hydrogen-bond donors (Lipinski definition) is 1. The lowest BCUT2D eigenvalue weighted by Crippen LogP contribution is -2.41. The van der Waals surface area contributed by atoms with Crippen LogP contribution >= 0.6 is 11.8 Å². The molecule has 6 nitrogen and oxygen atoms in total. The molecule has 1 rings (SSSR count). The maximum Gasteiger partial charge on any atom is 0.362 e. The van der Waals surface area contributed by atoms with Crippen molar-refractivity contribution in [3.05, 3.63) is 26.5 Å². The second kappa shape index (κ2) is 5.42. The number of thioether (sulfide) groups is 1. The van der Waals surface area contributed by atoms with Crippen LogP contribution < -0.4 is 16.1 Å². The topological polar surface area (TPSA) is 87.9 Å². The molecule has 0 spiro atoms. The Morgan fingerprint density at radius 3 is 2.81 bits per heavy atom. The predicted molar refractivity (Wildman–Crippen MR) is 59.3 cm³/mol. The molecule has 0 fully saturated rings. The van der Waals surface area contributed by atoms with Gasteiger partial charge in [-0.3, -0.25) is 4.79 Å². The number of nitrogens with one attached hydrogen (secondary N) is 1. The van der Waals surface area contributed by atoms with Gasteiger partial charge in [0.25, 0.3) is 0 Å². The van der Waals surface area contributed by atoms with E-state index in [1.165, 1.54) is 0 Å². The molecule has 0 amide bonds. The van der Waals surface area contributed by atoms with Gasteiger partial charge in [0.05, 0.1) is 0 Å². The van der Waals surface area contributed by atoms with Crippen LogP contribution in [0.25, 0.3) is 0 Å². The van der Waals surface area contributed by atoms with Crippen molar-refractivity contribution in [2.45, 2.75) is 25.2 Å². The molecule has 86 valence electrons. The van der Waals surface area contributed by atoms with E-state index in [2.05, 4.69) is 4.98 Å². The molecule has 1 aromatic heterocycles. The second-order valence-corrected chi connectivity index (χ2v) is 3.81. The van der Waals surface area contributed by atoms with Crippen molar-refractivity contribution in [3.8, 4) is 5.40 Å². The quantitative estimate of drug-likeness (QED) is 0.603. The molecule has 1 aromatic rings. The standard InChI is InChI=1S/C9H11N3O3S/c1-3-4-15-12-8(13)7(16-5-10)6(2)11-9(12)14/h3-4H2,1-2H3,(H,11,14). The van der Waals surface area contributed by atoms with E-state index >= 15 is 0 Å². The Hall–Kier alpha value is -1.68. The number of rotatable bonds is 4. The average molecular weight is 241 g/mol. The summed E-state index contributed by atoms with van der Waals surface area (Å²) < 4.78 is 0.649. The van der Waals surface area contributed by atoms with E-state index in [4.69, 9.17) is 10.1 Å². The van der Waals surface area contributed by atoms with Crippen molar-refractivity contribution >= 4 is 11.8 Å². The largest absolute Gasteiger partial charge is 0.406 e. The first-order valence-electron chi connectivity index (χ1n) is 4.67. The Balaban J connectivity index is 3.29. The highest BCUT2D eigenvalue weighted by molar-refractivity contribution is 8.03. The summed E-state index contributed by atoms with van der Waals surface area (Å²) >= 11 is 0.707. The molecule has 0 aliphatic carbocycles. The third-order valence-corrected chi connectivity index (χ3v) is 2.55. The molecule has 16 heavy (non-hydrogen) atoms. The molecule has 0 saturated heterocycles. The molecular weight excluding hydrogens is 230 g/mol. The molecule has 0 radical (unpaired) electrons. The summed E-state index contributed by atoms with van der Waals surface area (Å²) in [4.78, 5) is 30.8. The lowest BCUT2D eigenvalue weighted by Gasteiger charge is -2.07. The highest BCUT2D eigenvalue weighted by Crippen LogP contribution is 2.12. The van der Waals surface area contributed by atoms with Crippen LogP contribution in [0.2, 0.25) is 0 Å². The molecule has 0 saturated carbocycles. The fraction of sp³-hybridized carbons (Fsp3) is 0.444. The highest BCUT2D eigenvalue weighted by atomic mass is 32.2. The molecule has 0 aliphatic heterocycles. The van der Waals surface area contributed by atoms with Gasteiger partial charge in [-0.2, -0.15) is 5.26 Å². The minimum atomic E-state index is -0.627. The lowest BCUT2D eigenvalue weighted by atomic mass is 10.4. The molecule has 0 atom stereocenters. The Kier molecular flexibility index (Phi) is 4.19. The zero-order chi connectivity index (χ0) is 12.1. The molecule has 0 aliphatic rings. The van der Waals surface area contributed by atoms with E-state index in [1.54, 1.807) is 12.3 Å². The van der Waals surface area contributed by atoms with Gasteiger partial charge in [-0.05, 0) is 25.1 Å². The average Bonchev–Trinajstić information content (AvgIpc) is 2.24. The van der Waals surface area contributed by atoms with Crippen molar-refractivity contribution in [2.24, 2.45) is 0 Å². The van der Waals surface area contributed by atoms with Crippen LogP contribution in [0.15, 0.2) is 14.5 Å². The number of aromatic amines is 1. The molecular formula is C9H11N3O3S. The zero-order valence-corrected chi connectivity index (χ0v) is 9.76. The first-order chi connectivity index (χ1) is 7.61. The number of hydrogen-bond acceptors (Lipinski definition) is 5. The van der Waals surface area contributed by atoms with Gasteiger partial charge in [-0.1, -0.05) is 11.7 Å². The number of nitriles is 1. The summed E-state index contributed by atoms with van der Waals surface area (Å²) in [6.45, 7) is 3.69. The van der Waals surface area contributed by atoms with Gasteiger partial charge in [0.2, 0.25) is 0 Å². The van der Waals surface area contributed by atoms with Gasteiger partial charge in [-0.15, -0.1) is 0 Å². The molecule has 1 N–H and O–H groups in total. The molecule has 1 heterocycles. The summed E-state index contributed by atoms with van der Waals surface area (Å²) in [6.07, 6.45) is 0.681. The number of aryl methyl sites for hydroxylation is 1. The minimum Gasteiger partial charge on any atom is -0.406 e. The monoisotopic (exact) mass is 241 g/mol. The maximum absolute atomic E-state index is 11.8. The first-order valence-corrected chi connectivity index (χ1v) is 5.48. The lowest BCUT2D eigenvalue weighted by molar-refractivity contribution is 0.0893.